The van der Waals surface area contributed by atoms with Crippen LogP contribution in [0.15, 0.2) is 105 Å². The van der Waals surface area contributed by atoms with Gasteiger partial charge in [-0.3, -0.25) is 0 Å². The summed E-state index contributed by atoms with van der Waals surface area (Å²) in [6.45, 7) is 0. The van der Waals surface area contributed by atoms with Gasteiger partial charge >= 0.3 is 0 Å². The van der Waals surface area contributed by atoms with E-state index < -0.39 is 0 Å². The van der Waals surface area contributed by atoms with Crippen LogP contribution in [0, 0.1) is 22.7 Å². The smallest absolute Gasteiger partial charge is 0.119 e. The number of hydrogen-bond acceptors (Lipinski definition) is 6. The van der Waals surface area contributed by atoms with E-state index >= 15 is 0 Å². The van der Waals surface area contributed by atoms with Gasteiger partial charge in [0.25, 0.3) is 0 Å². The van der Waals surface area contributed by atoms with E-state index in [1.807, 2.05) is 84.9 Å². The number of halogens is 1. The lowest BCUT2D eigenvalue weighted by Gasteiger charge is -2.20. The number of ether oxygens (including phenoxy) is 1. The van der Waals surface area contributed by atoms with E-state index in [1.165, 1.54) is 23.5 Å². The molecule has 0 aromatic heterocycles. The molecule has 0 aliphatic rings. The summed E-state index contributed by atoms with van der Waals surface area (Å²) >= 11 is 9.74. The van der Waals surface area contributed by atoms with E-state index in [4.69, 9.17) is 16.3 Å². The Bertz CT molecular complexity index is 1380. The predicted octanol–water partition coefficient (Wildman–Crippen LogP) is 8.14. The summed E-state index contributed by atoms with van der Waals surface area (Å²) in [5, 5.41) is 23.6. The van der Waals surface area contributed by atoms with Crippen LogP contribution in [0.2, 0.25) is 5.02 Å². The lowest BCUT2D eigenvalue weighted by atomic mass is 10.1. The van der Waals surface area contributed by atoms with Crippen LogP contribution in [0.4, 0.5) is 11.4 Å². The van der Waals surface area contributed by atoms with Crippen molar-refractivity contribution in [1.29, 1.82) is 10.5 Å². The summed E-state index contributed by atoms with van der Waals surface area (Å²) in [6.07, 6.45) is 0. The van der Waals surface area contributed by atoms with Crippen LogP contribution in [0.1, 0.15) is 11.1 Å². The van der Waals surface area contributed by atoms with Gasteiger partial charge in [-0.2, -0.15) is 10.5 Å². The van der Waals surface area contributed by atoms with Gasteiger partial charge < -0.3 is 10.1 Å². The fraction of sp³-hybridized carbons (Fsp3) is 0.0370. The third-order valence-corrected chi connectivity index (χ3v) is 7.72. The zero-order valence-corrected chi connectivity index (χ0v) is 20.5. The summed E-state index contributed by atoms with van der Waals surface area (Å²) in [4.78, 5) is 3.45. The van der Waals surface area contributed by atoms with Crippen molar-refractivity contribution in [3.05, 3.63) is 101 Å². The second-order valence-electron chi connectivity index (χ2n) is 7.00. The first kappa shape index (κ1) is 23.6. The Morgan fingerprint density at radius 1 is 0.735 bits per heavy atom. The van der Waals surface area contributed by atoms with Crippen molar-refractivity contribution in [2.45, 2.75) is 19.6 Å². The van der Waals surface area contributed by atoms with Gasteiger partial charge in [0.1, 0.15) is 17.9 Å². The molecule has 34 heavy (non-hydrogen) atoms. The van der Waals surface area contributed by atoms with E-state index in [1.54, 1.807) is 7.11 Å². The third-order valence-electron chi connectivity index (χ3n) is 4.86. The SMILES string of the molecule is COc1ccc(Nc2c(C#N)c(C#N)c(Cl)c(Sc3ccccc3)c2Sc2ccccc2)cc1. The Hall–Kier alpha value is -3.55. The van der Waals surface area contributed by atoms with Gasteiger partial charge in [0.05, 0.1) is 33.8 Å². The number of nitrogens with one attached hydrogen (secondary N) is 1. The molecule has 0 unspecified atom stereocenters. The first-order chi connectivity index (χ1) is 16.6. The summed E-state index contributed by atoms with van der Waals surface area (Å²) in [7, 11) is 1.61. The van der Waals surface area contributed by atoms with Crippen LogP contribution in [-0.2, 0) is 0 Å². The monoisotopic (exact) mass is 499 g/mol. The minimum Gasteiger partial charge on any atom is -0.497 e. The molecule has 4 nitrogen and oxygen atoms in total. The number of anilines is 2. The number of benzene rings is 4. The molecule has 4 rings (SSSR count). The van der Waals surface area contributed by atoms with Crippen LogP contribution in [0.3, 0.4) is 0 Å². The van der Waals surface area contributed by atoms with Gasteiger partial charge in [-0.25, -0.2) is 0 Å². The van der Waals surface area contributed by atoms with Crippen molar-refractivity contribution < 1.29 is 4.74 Å². The number of nitrogens with zero attached hydrogens (tertiary/aromatic N) is 2. The Morgan fingerprint density at radius 2 is 1.26 bits per heavy atom. The Balaban J connectivity index is 1.94. The van der Waals surface area contributed by atoms with Gasteiger partial charge in [-0.15, -0.1) is 0 Å². The Morgan fingerprint density at radius 3 is 1.76 bits per heavy atom. The molecule has 0 heterocycles. The molecule has 0 saturated heterocycles. The van der Waals surface area contributed by atoms with Gasteiger partial charge in [-0.05, 0) is 48.5 Å². The standard InChI is InChI=1S/C27H18ClN3OS2/c1-32-19-14-12-18(13-15-19)31-25-23(17-30)22(16-29)24(28)26(33-20-8-4-2-5-9-20)27(25)34-21-10-6-3-7-11-21/h2-15,31H,1H3. The molecule has 0 aliphatic carbocycles. The van der Waals surface area contributed by atoms with E-state index in [0.717, 1.165) is 26.1 Å². The Labute approximate surface area is 212 Å². The Kier molecular flexibility index (Phi) is 7.67. The molecule has 4 aromatic carbocycles. The van der Waals surface area contributed by atoms with Gasteiger partial charge in [0, 0.05) is 20.4 Å². The molecule has 0 aliphatic heterocycles. The summed E-state index contributed by atoms with van der Waals surface area (Å²) in [5.41, 5.74) is 1.66. The molecule has 4 aromatic rings. The second kappa shape index (κ2) is 11.0. The van der Waals surface area contributed by atoms with Crippen molar-refractivity contribution in [2.24, 2.45) is 0 Å². The average Bonchev–Trinajstić information content (AvgIpc) is 2.89. The molecule has 0 bridgehead atoms. The summed E-state index contributed by atoms with van der Waals surface area (Å²) in [5.74, 6) is 0.721. The molecular formula is C27H18ClN3OS2. The molecule has 0 fully saturated rings. The van der Waals surface area contributed by atoms with E-state index in [0.29, 0.717) is 10.6 Å². The average molecular weight is 500 g/mol. The molecule has 0 radical (unpaired) electrons. The number of methoxy groups -OCH3 is 1. The highest BCUT2D eigenvalue weighted by atomic mass is 35.5. The van der Waals surface area contributed by atoms with Gasteiger partial charge in [0.2, 0.25) is 0 Å². The van der Waals surface area contributed by atoms with E-state index in [9.17, 15) is 10.5 Å². The van der Waals surface area contributed by atoms with Crippen molar-refractivity contribution >= 4 is 46.5 Å². The van der Waals surface area contributed by atoms with Crippen molar-refractivity contribution in [2.75, 3.05) is 12.4 Å². The van der Waals surface area contributed by atoms with Crippen LogP contribution in [0.5, 0.6) is 5.75 Å². The largest absolute Gasteiger partial charge is 0.497 e. The quantitative estimate of drug-likeness (QED) is 0.276. The summed E-state index contributed by atoms with van der Waals surface area (Å²) in [6, 6.07) is 31.4. The van der Waals surface area contributed by atoms with Gasteiger partial charge in [0.15, 0.2) is 0 Å². The lowest BCUT2D eigenvalue weighted by Crippen LogP contribution is -2.02. The highest BCUT2D eigenvalue weighted by molar-refractivity contribution is 8.02. The molecule has 0 atom stereocenters. The number of rotatable bonds is 7. The van der Waals surface area contributed by atoms with Crippen molar-refractivity contribution in [3.8, 4) is 17.9 Å². The van der Waals surface area contributed by atoms with Crippen LogP contribution in [-0.4, -0.2) is 7.11 Å². The highest BCUT2D eigenvalue weighted by Crippen LogP contribution is 2.50. The maximum absolute atomic E-state index is 10.1. The number of nitriles is 2. The minimum atomic E-state index is 0.149. The maximum atomic E-state index is 10.1. The maximum Gasteiger partial charge on any atom is 0.119 e. The second-order valence-corrected chi connectivity index (χ2v) is 9.55. The fourth-order valence-corrected chi connectivity index (χ4v) is 5.78. The molecular weight excluding hydrogens is 482 g/mol. The fourth-order valence-electron chi connectivity index (χ4n) is 3.23. The molecule has 1 N–H and O–H groups in total. The lowest BCUT2D eigenvalue weighted by molar-refractivity contribution is 0.415. The van der Waals surface area contributed by atoms with Crippen molar-refractivity contribution in [3.63, 3.8) is 0 Å². The predicted molar refractivity (Wildman–Crippen MR) is 138 cm³/mol. The van der Waals surface area contributed by atoms with Crippen LogP contribution < -0.4 is 10.1 Å². The summed E-state index contributed by atoms with van der Waals surface area (Å²) < 4.78 is 5.26. The normalized spacial score (nSPS) is 10.2. The molecule has 0 saturated carbocycles. The highest BCUT2D eigenvalue weighted by Gasteiger charge is 2.25. The van der Waals surface area contributed by atoms with Gasteiger partial charge in [-0.1, -0.05) is 71.5 Å². The number of hydrogen-bond donors (Lipinski definition) is 1. The first-order valence-electron chi connectivity index (χ1n) is 10.2. The topological polar surface area (TPSA) is 68.8 Å². The minimum absolute atomic E-state index is 0.149. The molecule has 166 valence electrons. The third kappa shape index (κ3) is 5.16. The van der Waals surface area contributed by atoms with Crippen LogP contribution in [0.25, 0.3) is 0 Å². The zero-order valence-electron chi connectivity index (χ0n) is 18.1. The molecule has 0 spiro atoms. The molecule has 0 amide bonds. The first-order valence-corrected chi connectivity index (χ1v) is 12.2. The van der Waals surface area contributed by atoms with E-state index in [2.05, 4.69) is 17.5 Å². The molecule has 7 heteroatoms. The van der Waals surface area contributed by atoms with E-state index in [-0.39, 0.29) is 16.1 Å². The zero-order chi connectivity index (χ0) is 23.9. The van der Waals surface area contributed by atoms with Crippen LogP contribution >= 0.6 is 35.1 Å². The van der Waals surface area contributed by atoms with Crippen molar-refractivity contribution in [1.82, 2.24) is 0 Å².